The molecule has 0 atom stereocenters. The van der Waals surface area contributed by atoms with Crippen LogP contribution in [0.3, 0.4) is 0 Å². The molecule has 2 aromatic rings. The summed E-state index contributed by atoms with van der Waals surface area (Å²) in [4.78, 5) is 4.03. The van der Waals surface area contributed by atoms with Crippen molar-refractivity contribution in [3.8, 4) is 0 Å². The van der Waals surface area contributed by atoms with Crippen LogP contribution in [0.25, 0.3) is 10.9 Å². The zero-order valence-corrected chi connectivity index (χ0v) is 20.5. The minimum Gasteiger partial charge on any atom is -0.243 e. The highest BCUT2D eigenvalue weighted by Crippen LogP contribution is 2.36. The molecule has 0 saturated carbocycles. The lowest BCUT2D eigenvalue weighted by Crippen LogP contribution is -2.46. The fourth-order valence-electron chi connectivity index (χ4n) is 2.93. The molecule has 0 N–H and O–H groups in total. The van der Waals surface area contributed by atoms with Gasteiger partial charge in [-0.05, 0) is 33.8 Å². The molecule has 0 saturated heterocycles. The lowest BCUT2D eigenvalue weighted by Gasteiger charge is -2.27. The van der Waals surface area contributed by atoms with Crippen molar-refractivity contribution in [3.63, 3.8) is 0 Å². The standard InChI is InChI=1S/C16H19BrF4INSi2/c1-24(2,3)13-8(18)7-9(22)10-11(17)14(25(4,5)6)15(16(19,20)21)23-12(10)13/h7H,1-6H3. The highest BCUT2D eigenvalue weighted by Gasteiger charge is 2.42. The molecule has 0 spiro atoms. The van der Waals surface area contributed by atoms with E-state index in [1.807, 2.05) is 61.9 Å². The van der Waals surface area contributed by atoms with Gasteiger partial charge < -0.3 is 0 Å². The number of pyridine rings is 1. The van der Waals surface area contributed by atoms with Crippen molar-refractivity contribution in [1.29, 1.82) is 0 Å². The molecule has 1 aromatic heterocycles. The van der Waals surface area contributed by atoms with Gasteiger partial charge in [-0.25, -0.2) is 9.37 Å². The fraction of sp³-hybridized carbons (Fsp3) is 0.438. The van der Waals surface area contributed by atoms with Crippen molar-refractivity contribution in [2.24, 2.45) is 0 Å². The summed E-state index contributed by atoms with van der Waals surface area (Å²) in [6.45, 7) is 11.3. The summed E-state index contributed by atoms with van der Waals surface area (Å²) in [5, 5.41) is 1.17. The van der Waals surface area contributed by atoms with Crippen LogP contribution in [-0.4, -0.2) is 21.1 Å². The van der Waals surface area contributed by atoms with Crippen LogP contribution in [-0.2, 0) is 6.18 Å². The van der Waals surface area contributed by atoms with Crippen molar-refractivity contribution in [3.05, 3.63) is 25.6 Å². The van der Waals surface area contributed by atoms with Gasteiger partial charge in [0.05, 0.1) is 21.7 Å². The summed E-state index contributed by atoms with van der Waals surface area (Å²) in [5.41, 5.74) is -0.739. The lowest BCUT2D eigenvalue weighted by atomic mass is 10.2. The third kappa shape index (κ3) is 3.98. The molecular weight excluding hydrogens is 545 g/mol. The third-order valence-corrected chi connectivity index (χ3v) is 9.84. The van der Waals surface area contributed by atoms with E-state index >= 15 is 0 Å². The number of hydrogen-bond acceptors (Lipinski definition) is 1. The molecule has 0 unspecified atom stereocenters. The largest absolute Gasteiger partial charge is 0.433 e. The molecule has 2 rings (SSSR count). The van der Waals surface area contributed by atoms with Crippen molar-refractivity contribution in [2.45, 2.75) is 45.5 Å². The molecule has 1 aromatic carbocycles. The monoisotopic (exact) mass is 563 g/mol. The van der Waals surface area contributed by atoms with Gasteiger partial charge in [0, 0.05) is 18.6 Å². The Morgan fingerprint density at radius 2 is 1.48 bits per heavy atom. The average molecular weight is 564 g/mol. The van der Waals surface area contributed by atoms with E-state index in [0.717, 1.165) is 0 Å². The summed E-state index contributed by atoms with van der Waals surface area (Å²) in [5.74, 6) is -0.468. The summed E-state index contributed by atoms with van der Waals surface area (Å²) < 4.78 is 57.0. The first-order chi connectivity index (χ1) is 11.1. The summed E-state index contributed by atoms with van der Waals surface area (Å²) in [6.07, 6.45) is -4.58. The van der Waals surface area contributed by atoms with Crippen LogP contribution in [0.5, 0.6) is 0 Å². The van der Waals surface area contributed by atoms with Crippen molar-refractivity contribution in [1.82, 2.24) is 4.98 Å². The summed E-state index contributed by atoms with van der Waals surface area (Å²) in [6, 6.07) is 1.41. The van der Waals surface area contributed by atoms with E-state index in [1.165, 1.54) is 6.07 Å². The first-order valence-electron chi connectivity index (χ1n) is 7.66. The van der Waals surface area contributed by atoms with Gasteiger partial charge in [-0.15, -0.1) is 0 Å². The Morgan fingerprint density at radius 1 is 1.00 bits per heavy atom. The third-order valence-electron chi connectivity index (χ3n) is 3.87. The Balaban J connectivity index is 3.18. The predicted molar refractivity (Wildman–Crippen MR) is 113 cm³/mol. The molecule has 138 valence electrons. The second-order valence-corrected chi connectivity index (χ2v) is 20.0. The molecule has 1 nitrogen and oxygen atoms in total. The molecule has 0 radical (unpaired) electrons. The molecule has 0 amide bonds. The molecule has 0 bridgehead atoms. The molecule has 1 heterocycles. The molecule has 25 heavy (non-hydrogen) atoms. The fourth-order valence-corrected chi connectivity index (χ4v) is 9.84. The number of hydrogen-bond donors (Lipinski definition) is 0. The Bertz CT molecular complexity index is 855. The van der Waals surface area contributed by atoms with Gasteiger partial charge in [0.25, 0.3) is 0 Å². The zero-order chi connectivity index (χ0) is 19.5. The van der Waals surface area contributed by atoms with Crippen LogP contribution in [0.15, 0.2) is 10.5 Å². The highest BCUT2D eigenvalue weighted by molar-refractivity contribution is 14.1. The normalized spacial score (nSPS) is 13.6. The maximum absolute atomic E-state index is 14.7. The lowest BCUT2D eigenvalue weighted by molar-refractivity contribution is -0.140. The Kier molecular flexibility index (Phi) is 5.58. The van der Waals surface area contributed by atoms with E-state index in [2.05, 4.69) is 20.9 Å². The number of nitrogens with zero attached hydrogens (tertiary/aromatic N) is 1. The topological polar surface area (TPSA) is 12.9 Å². The van der Waals surface area contributed by atoms with Crippen LogP contribution in [0, 0.1) is 9.39 Å². The molecule has 0 aliphatic rings. The van der Waals surface area contributed by atoms with E-state index in [1.54, 1.807) is 0 Å². The number of aromatic nitrogens is 1. The summed E-state index contributed by atoms with van der Waals surface area (Å²) in [7, 11) is -4.62. The van der Waals surface area contributed by atoms with Gasteiger partial charge in [-0.3, -0.25) is 0 Å². The smallest absolute Gasteiger partial charge is 0.243 e. The van der Waals surface area contributed by atoms with E-state index in [-0.39, 0.29) is 10.7 Å². The molecule has 0 fully saturated rings. The number of halogens is 6. The van der Waals surface area contributed by atoms with Gasteiger partial charge in [-0.2, -0.15) is 13.2 Å². The SMILES string of the molecule is C[Si](C)(C)c1c(C(F)(F)F)nc2c([Si](C)(C)C)c(F)cc(I)c2c1Br. The van der Waals surface area contributed by atoms with Gasteiger partial charge >= 0.3 is 6.18 Å². The number of fused-ring (bicyclic) bond motifs is 1. The van der Waals surface area contributed by atoms with Gasteiger partial charge in [0.2, 0.25) is 0 Å². The molecule has 0 aliphatic carbocycles. The average Bonchev–Trinajstić information content (AvgIpc) is 2.32. The summed E-state index contributed by atoms with van der Waals surface area (Å²) >= 11 is 5.39. The number of rotatable bonds is 2. The van der Waals surface area contributed by atoms with Crippen LogP contribution in [0.4, 0.5) is 17.6 Å². The van der Waals surface area contributed by atoms with Gasteiger partial charge in [0.1, 0.15) is 11.5 Å². The zero-order valence-electron chi connectivity index (χ0n) is 14.8. The number of alkyl halides is 3. The Labute approximate surface area is 168 Å². The first kappa shape index (κ1) is 21.3. The van der Waals surface area contributed by atoms with Crippen LogP contribution < -0.4 is 10.4 Å². The first-order valence-corrected chi connectivity index (χ1v) is 16.5. The van der Waals surface area contributed by atoms with Gasteiger partial charge in [0.15, 0.2) is 0 Å². The molecular formula is C16H19BrF4INSi2. The Hall–Kier alpha value is -0.00623. The van der Waals surface area contributed by atoms with Crippen molar-refractivity contribution in [2.75, 3.05) is 0 Å². The second-order valence-electron chi connectivity index (χ2n) is 8.09. The maximum atomic E-state index is 14.7. The second kappa shape index (κ2) is 6.55. The van der Waals surface area contributed by atoms with Crippen LogP contribution in [0.1, 0.15) is 5.69 Å². The van der Waals surface area contributed by atoms with E-state index in [4.69, 9.17) is 0 Å². The van der Waals surface area contributed by atoms with E-state index in [0.29, 0.717) is 18.6 Å². The van der Waals surface area contributed by atoms with Crippen LogP contribution in [0.2, 0.25) is 39.3 Å². The minimum atomic E-state index is -4.58. The van der Waals surface area contributed by atoms with Gasteiger partial charge in [-0.1, -0.05) is 55.2 Å². The Morgan fingerprint density at radius 3 is 1.88 bits per heavy atom. The van der Waals surface area contributed by atoms with Crippen molar-refractivity contribution >= 4 is 75.9 Å². The molecule has 0 aliphatic heterocycles. The number of benzene rings is 1. The van der Waals surface area contributed by atoms with E-state index < -0.39 is 33.8 Å². The van der Waals surface area contributed by atoms with Crippen molar-refractivity contribution < 1.29 is 17.6 Å². The predicted octanol–water partition coefficient (Wildman–Crippen LogP) is 5.85. The minimum absolute atomic E-state index is 0.143. The maximum Gasteiger partial charge on any atom is 0.433 e. The van der Waals surface area contributed by atoms with Crippen LogP contribution >= 0.6 is 38.5 Å². The quantitative estimate of drug-likeness (QED) is 0.254. The van der Waals surface area contributed by atoms with E-state index in [9.17, 15) is 17.6 Å². The molecule has 9 heteroatoms. The highest BCUT2D eigenvalue weighted by atomic mass is 127.